The van der Waals surface area contributed by atoms with Crippen LogP contribution >= 0.6 is 8.58 Å². The van der Waals surface area contributed by atoms with E-state index < -0.39 is 0 Å². The summed E-state index contributed by atoms with van der Waals surface area (Å²) in [5.74, 6) is 1.10. The smallest absolute Gasteiger partial charge is 1.00 e. The number of benzene rings is 2. The third kappa shape index (κ3) is 4.11. The molecule has 3 nitrogen and oxygen atoms in total. The molecule has 0 heterocycles. The Morgan fingerprint density at radius 2 is 1.57 bits per heavy atom. The minimum Gasteiger partial charge on any atom is -1.00 e. The van der Waals surface area contributed by atoms with Crippen molar-refractivity contribution in [2.24, 2.45) is 0 Å². The zero-order chi connectivity index (χ0) is 14.5. The maximum absolute atomic E-state index is 12.6. The average molecular weight is 296 g/mol. The number of carbonyl (C=O) groups is 1. The summed E-state index contributed by atoms with van der Waals surface area (Å²) < 4.78 is 10.6. The van der Waals surface area contributed by atoms with Crippen LogP contribution in [0.2, 0.25) is 0 Å². The van der Waals surface area contributed by atoms with Gasteiger partial charge in [0.15, 0.2) is 5.52 Å². The quantitative estimate of drug-likeness (QED) is 0.587. The van der Waals surface area contributed by atoms with Crippen LogP contribution in [0.15, 0.2) is 42.5 Å². The van der Waals surface area contributed by atoms with E-state index in [-0.39, 0.29) is 34.4 Å². The van der Waals surface area contributed by atoms with Gasteiger partial charge in [-0.2, -0.15) is 0 Å². The number of hydrogen-bond donors (Lipinski definition) is 0. The van der Waals surface area contributed by atoms with Crippen LogP contribution in [0.3, 0.4) is 0 Å². The molecule has 2 aromatic carbocycles. The van der Waals surface area contributed by atoms with Crippen LogP contribution in [0.25, 0.3) is 0 Å². The molecule has 2 rings (SSSR count). The molecule has 0 saturated carbocycles. The Hall–Kier alpha value is -1.26. The molecular formula is C16H18LiO3P. The van der Waals surface area contributed by atoms with Crippen molar-refractivity contribution >= 4 is 19.4 Å². The van der Waals surface area contributed by atoms with E-state index in [2.05, 4.69) is 0 Å². The molecule has 5 heteroatoms. The molecular weight excluding hydrogens is 278 g/mol. The number of carbonyl (C=O) groups excluding carboxylic acids is 1. The van der Waals surface area contributed by atoms with Crippen molar-refractivity contribution < 1.29 is 34.6 Å². The standard InChI is InChI=1S/C16H17O3P.Li.H/c1-11-7-4-5-10-14(11)20-16(17)15-12(18-2)8-6-9-13(15)19-3;;/h4-10,20H,1-3H3;;/q;+1;-1. The van der Waals surface area contributed by atoms with Crippen LogP contribution in [-0.4, -0.2) is 19.7 Å². The number of rotatable bonds is 5. The Balaban J connectivity index is 0.00000220. The number of aryl methyl sites for hydroxylation is 1. The van der Waals surface area contributed by atoms with E-state index in [4.69, 9.17) is 9.47 Å². The third-order valence-corrected chi connectivity index (χ3v) is 4.36. The van der Waals surface area contributed by atoms with Crippen LogP contribution in [-0.2, 0) is 0 Å². The zero-order valence-corrected chi connectivity index (χ0v) is 13.8. The molecule has 0 aliphatic heterocycles. The Bertz CT molecular complexity index is 612. The topological polar surface area (TPSA) is 35.5 Å². The molecule has 0 radical (unpaired) electrons. The summed E-state index contributed by atoms with van der Waals surface area (Å²) in [6.45, 7) is 2.01. The molecule has 1 atom stereocenters. The predicted octanol–water partition coefficient (Wildman–Crippen LogP) is 0.273. The Labute approximate surface area is 140 Å². The molecule has 106 valence electrons. The number of hydrogen-bond acceptors (Lipinski definition) is 3. The normalized spacial score (nSPS) is 10.2. The van der Waals surface area contributed by atoms with E-state index in [1.54, 1.807) is 26.4 Å². The molecule has 0 bridgehead atoms. The first-order chi connectivity index (χ1) is 9.67. The second-order valence-corrected chi connectivity index (χ2v) is 5.55. The summed E-state index contributed by atoms with van der Waals surface area (Å²) in [6.07, 6.45) is 0. The molecule has 0 spiro atoms. The van der Waals surface area contributed by atoms with Crippen LogP contribution in [0.1, 0.15) is 17.3 Å². The summed E-state index contributed by atoms with van der Waals surface area (Å²) in [5.41, 5.74) is 1.65. The molecule has 0 fully saturated rings. The van der Waals surface area contributed by atoms with Crippen molar-refractivity contribution in [3.8, 4) is 11.5 Å². The average Bonchev–Trinajstić information content (AvgIpc) is 2.48. The monoisotopic (exact) mass is 296 g/mol. The van der Waals surface area contributed by atoms with Crippen LogP contribution in [0.5, 0.6) is 11.5 Å². The second kappa shape index (κ2) is 8.25. The van der Waals surface area contributed by atoms with Gasteiger partial charge in [-0.15, -0.1) is 0 Å². The van der Waals surface area contributed by atoms with E-state index in [1.165, 1.54) is 0 Å². The van der Waals surface area contributed by atoms with E-state index in [1.807, 2.05) is 37.3 Å². The van der Waals surface area contributed by atoms with Crippen molar-refractivity contribution in [2.45, 2.75) is 6.92 Å². The molecule has 0 saturated heterocycles. The van der Waals surface area contributed by atoms with Crippen molar-refractivity contribution in [2.75, 3.05) is 14.2 Å². The molecule has 0 aliphatic rings. The number of ether oxygens (including phenoxy) is 2. The largest absolute Gasteiger partial charge is 1.00 e. The van der Waals surface area contributed by atoms with Gasteiger partial charge in [-0.25, -0.2) is 0 Å². The molecule has 0 aliphatic carbocycles. The molecule has 1 unspecified atom stereocenters. The maximum Gasteiger partial charge on any atom is 1.00 e. The first-order valence-electron chi connectivity index (χ1n) is 6.25. The fraction of sp³-hybridized carbons (Fsp3) is 0.188. The molecule has 0 N–H and O–H groups in total. The van der Waals surface area contributed by atoms with Gasteiger partial charge in [-0.1, -0.05) is 30.3 Å². The van der Waals surface area contributed by atoms with Crippen molar-refractivity contribution in [1.29, 1.82) is 0 Å². The summed E-state index contributed by atoms with van der Waals surface area (Å²) in [7, 11) is 3.17. The van der Waals surface area contributed by atoms with Crippen molar-refractivity contribution in [1.82, 2.24) is 0 Å². The summed E-state index contributed by atoms with van der Waals surface area (Å²) in [6, 6.07) is 13.3. The van der Waals surface area contributed by atoms with E-state index in [0.717, 1.165) is 10.9 Å². The summed E-state index contributed by atoms with van der Waals surface area (Å²) >= 11 is 0. The Morgan fingerprint density at radius 1 is 1.00 bits per heavy atom. The first kappa shape index (κ1) is 17.8. The first-order valence-corrected chi connectivity index (χ1v) is 7.25. The molecule has 0 aromatic heterocycles. The fourth-order valence-electron chi connectivity index (χ4n) is 1.97. The maximum atomic E-state index is 12.6. The minimum absolute atomic E-state index is 0. The van der Waals surface area contributed by atoms with Gasteiger partial charge in [0.25, 0.3) is 0 Å². The van der Waals surface area contributed by atoms with Gasteiger partial charge in [0.1, 0.15) is 17.1 Å². The van der Waals surface area contributed by atoms with E-state index >= 15 is 0 Å². The SMILES string of the molecule is COc1cccc(OC)c1C(=O)Pc1ccccc1C.[H-].[Li+]. The molecule has 0 amide bonds. The molecule has 21 heavy (non-hydrogen) atoms. The van der Waals surface area contributed by atoms with Gasteiger partial charge in [0, 0.05) is 0 Å². The second-order valence-electron chi connectivity index (χ2n) is 4.31. The van der Waals surface area contributed by atoms with Gasteiger partial charge < -0.3 is 10.9 Å². The summed E-state index contributed by atoms with van der Waals surface area (Å²) in [5, 5.41) is 1.05. The molecule has 2 aromatic rings. The van der Waals surface area contributed by atoms with Crippen molar-refractivity contribution in [3.63, 3.8) is 0 Å². The van der Waals surface area contributed by atoms with Crippen LogP contribution < -0.4 is 33.6 Å². The number of methoxy groups -OCH3 is 2. The zero-order valence-electron chi connectivity index (χ0n) is 13.8. The Kier molecular flexibility index (Phi) is 6.98. The minimum atomic E-state index is 0. The predicted molar refractivity (Wildman–Crippen MR) is 84.1 cm³/mol. The van der Waals surface area contributed by atoms with Crippen LogP contribution in [0, 0.1) is 6.92 Å². The van der Waals surface area contributed by atoms with E-state index in [0.29, 0.717) is 17.1 Å². The summed E-state index contributed by atoms with van der Waals surface area (Å²) in [4.78, 5) is 12.6. The van der Waals surface area contributed by atoms with Crippen LogP contribution in [0.4, 0.5) is 0 Å². The van der Waals surface area contributed by atoms with Gasteiger partial charge >= 0.3 is 18.9 Å². The van der Waals surface area contributed by atoms with Crippen molar-refractivity contribution in [3.05, 3.63) is 53.6 Å². The Morgan fingerprint density at radius 3 is 2.10 bits per heavy atom. The van der Waals surface area contributed by atoms with E-state index in [9.17, 15) is 4.79 Å². The third-order valence-electron chi connectivity index (χ3n) is 3.05. The fourth-order valence-corrected chi connectivity index (χ4v) is 3.05. The van der Waals surface area contributed by atoms with Gasteiger partial charge in [0.05, 0.1) is 14.2 Å². The van der Waals surface area contributed by atoms with Gasteiger partial charge in [0.2, 0.25) is 0 Å². The van der Waals surface area contributed by atoms with Gasteiger partial charge in [-0.3, -0.25) is 4.79 Å². The van der Waals surface area contributed by atoms with Gasteiger partial charge in [-0.05, 0) is 38.5 Å².